The van der Waals surface area contributed by atoms with Gasteiger partial charge in [0.15, 0.2) is 6.10 Å². The molecule has 18 heavy (non-hydrogen) atoms. The van der Waals surface area contributed by atoms with E-state index in [1.165, 1.54) is 5.56 Å². The van der Waals surface area contributed by atoms with Crippen LogP contribution in [0.4, 0.5) is 0 Å². The molecule has 0 heterocycles. The second-order valence-corrected chi connectivity index (χ2v) is 4.88. The van der Waals surface area contributed by atoms with Crippen LogP contribution >= 0.6 is 0 Å². The fraction of sp³-hybridized carbons (Fsp3) is 0.533. The summed E-state index contributed by atoms with van der Waals surface area (Å²) in [5.41, 5.74) is 2.26. The first-order chi connectivity index (χ1) is 8.54. The van der Waals surface area contributed by atoms with Crippen LogP contribution in [-0.2, 0) is 22.4 Å². The van der Waals surface area contributed by atoms with Gasteiger partial charge in [-0.25, -0.2) is 4.79 Å². The summed E-state index contributed by atoms with van der Waals surface area (Å²) in [6.45, 7) is 6.58. The highest BCUT2D eigenvalue weighted by Gasteiger charge is 2.20. The monoisotopic (exact) mass is 250 g/mol. The fourth-order valence-corrected chi connectivity index (χ4v) is 1.83. The van der Waals surface area contributed by atoms with E-state index in [1.807, 2.05) is 38.1 Å². The molecular formula is C15H22O3. The molecule has 0 bridgehead atoms. The minimum Gasteiger partial charge on any atom is -0.479 e. The summed E-state index contributed by atoms with van der Waals surface area (Å²) in [5.74, 6) is -0.546. The smallest absolute Gasteiger partial charge is 0.333 e. The molecule has 100 valence electrons. The Morgan fingerprint density at radius 1 is 1.28 bits per heavy atom. The molecule has 0 aromatic heterocycles. The lowest BCUT2D eigenvalue weighted by Gasteiger charge is -2.17. The minimum absolute atomic E-state index is 0.341. The van der Waals surface area contributed by atoms with Crippen molar-refractivity contribution in [2.75, 3.05) is 6.61 Å². The Morgan fingerprint density at radius 3 is 2.39 bits per heavy atom. The van der Waals surface area contributed by atoms with Crippen LogP contribution in [0.2, 0.25) is 0 Å². The van der Waals surface area contributed by atoms with Crippen molar-refractivity contribution in [1.82, 2.24) is 0 Å². The first-order valence-corrected chi connectivity index (χ1v) is 6.45. The lowest BCUT2D eigenvalue weighted by molar-refractivity contribution is -0.150. The van der Waals surface area contributed by atoms with E-state index in [1.54, 1.807) is 0 Å². The first-order valence-electron chi connectivity index (χ1n) is 6.45. The molecule has 0 aliphatic heterocycles. The summed E-state index contributed by atoms with van der Waals surface area (Å²) in [7, 11) is 0. The van der Waals surface area contributed by atoms with E-state index < -0.39 is 12.1 Å². The molecule has 0 unspecified atom stereocenters. The van der Waals surface area contributed by atoms with Gasteiger partial charge >= 0.3 is 5.97 Å². The number of hydrogen-bond donors (Lipinski definition) is 1. The molecule has 3 nitrogen and oxygen atoms in total. The third kappa shape index (κ3) is 4.49. The number of aliphatic carboxylic acids is 1. The SMILES string of the molecule is CCc1ccccc1C[C@H](OCC(C)C)C(=O)O. The Labute approximate surface area is 109 Å². The topological polar surface area (TPSA) is 46.5 Å². The van der Waals surface area contributed by atoms with E-state index in [4.69, 9.17) is 4.74 Å². The number of ether oxygens (including phenoxy) is 1. The van der Waals surface area contributed by atoms with Crippen molar-refractivity contribution in [3.8, 4) is 0 Å². The first kappa shape index (κ1) is 14.7. The van der Waals surface area contributed by atoms with Crippen LogP contribution in [0.25, 0.3) is 0 Å². The summed E-state index contributed by atoms with van der Waals surface area (Å²) in [6.07, 6.45) is 0.596. The molecule has 3 heteroatoms. The van der Waals surface area contributed by atoms with Gasteiger partial charge in [0.25, 0.3) is 0 Å². The van der Waals surface area contributed by atoms with E-state index in [9.17, 15) is 9.90 Å². The van der Waals surface area contributed by atoms with Crippen molar-refractivity contribution >= 4 is 5.97 Å². The zero-order valence-electron chi connectivity index (χ0n) is 11.3. The van der Waals surface area contributed by atoms with Crippen molar-refractivity contribution in [3.05, 3.63) is 35.4 Å². The number of rotatable bonds is 7. The van der Waals surface area contributed by atoms with Crippen LogP contribution in [0.3, 0.4) is 0 Å². The zero-order valence-corrected chi connectivity index (χ0v) is 11.3. The minimum atomic E-state index is -0.887. The molecule has 1 rings (SSSR count). The molecule has 0 aliphatic rings. The predicted octanol–water partition coefficient (Wildman–Crippen LogP) is 2.92. The largest absolute Gasteiger partial charge is 0.479 e. The summed E-state index contributed by atoms with van der Waals surface area (Å²) in [4.78, 5) is 11.2. The number of carboxylic acids is 1. The van der Waals surface area contributed by atoms with Gasteiger partial charge in [-0.3, -0.25) is 0 Å². The normalized spacial score (nSPS) is 12.7. The molecule has 1 aromatic rings. The number of aryl methyl sites for hydroxylation is 1. The lowest BCUT2D eigenvalue weighted by atomic mass is 10.00. The predicted molar refractivity (Wildman–Crippen MR) is 71.7 cm³/mol. The average molecular weight is 250 g/mol. The molecule has 0 aliphatic carbocycles. The van der Waals surface area contributed by atoms with Crippen LogP contribution in [0.15, 0.2) is 24.3 Å². The number of carboxylic acid groups (broad SMARTS) is 1. The maximum atomic E-state index is 11.2. The summed E-state index contributed by atoms with van der Waals surface area (Å²) >= 11 is 0. The lowest BCUT2D eigenvalue weighted by Crippen LogP contribution is -2.28. The van der Waals surface area contributed by atoms with Crippen molar-refractivity contribution in [1.29, 1.82) is 0 Å². The number of benzene rings is 1. The van der Waals surface area contributed by atoms with Crippen molar-refractivity contribution in [3.63, 3.8) is 0 Å². The Balaban J connectivity index is 2.73. The fourth-order valence-electron chi connectivity index (χ4n) is 1.83. The van der Waals surface area contributed by atoms with Crippen LogP contribution in [-0.4, -0.2) is 23.8 Å². The van der Waals surface area contributed by atoms with Gasteiger partial charge in [-0.15, -0.1) is 0 Å². The molecule has 0 radical (unpaired) electrons. The third-order valence-corrected chi connectivity index (χ3v) is 2.81. The summed E-state index contributed by atoms with van der Waals surface area (Å²) in [5, 5.41) is 9.19. The molecule has 1 atom stereocenters. The van der Waals surface area contributed by atoms with Gasteiger partial charge in [-0.1, -0.05) is 45.0 Å². The van der Waals surface area contributed by atoms with Crippen LogP contribution in [0, 0.1) is 5.92 Å². The van der Waals surface area contributed by atoms with Gasteiger partial charge in [0.2, 0.25) is 0 Å². The highest BCUT2D eigenvalue weighted by atomic mass is 16.5. The molecule has 1 aromatic carbocycles. The molecule has 1 N–H and O–H groups in total. The van der Waals surface area contributed by atoms with Crippen molar-refractivity contribution in [2.24, 2.45) is 5.92 Å². The van der Waals surface area contributed by atoms with E-state index >= 15 is 0 Å². The molecule has 0 spiro atoms. The second-order valence-electron chi connectivity index (χ2n) is 4.88. The highest BCUT2D eigenvalue weighted by Crippen LogP contribution is 2.14. The number of hydrogen-bond acceptors (Lipinski definition) is 2. The van der Waals surface area contributed by atoms with Crippen LogP contribution in [0.5, 0.6) is 0 Å². The van der Waals surface area contributed by atoms with Crippen LogP contribution in [0.1, 0.15) is 31.9 Å². The zero-order chi connectivity index (χ0) is 13.5. The van der Waals surface area contributed by atoms with Crippen molar-refractivity contribution in [2.45, 2.75) is 39.7 Å². The van der Waals surface area contributed by atoms with Crippen LogP contribution < -0.4 is 0 Å². The van der Waals surface area contributed by atoms with Gasteiger partial charge in [0.1, 0.15) is 0 Å². The quantitative estimate of drug-likeness (QED) is 0.809. The second kappa shape index (κ2) is 7.17. The van der Waals surface area contributed by atoms with Crippen molar-refractivity contribution < 1.29 is 14.6 Å². The van der Waals surface area contributed by atoms with E-state index in [0.717, 1.165) is 12.0 Å². The van der Waals surface area contributed by atoms with E-state index in [0.29, 0.717) is 18.9 Å². The Bertz CT molecular complexity index is 385. The van der Waals surface area contributed by atoms with Gasteiger partial charge in [-0.2, -0.15) is 0 Å². The molecule has 0 saturated heterocycles. The average Bonchev–Trinajstić information content (AvgIpc) is 2.34. The summed E-state index contributed by atoms with van der Waals surface area (Å²) in [6, 6.07) is 7.94. The van der Waals surface area contributed by atoms with Gasteiger partial charge < -0.3 is 9.84 Å². The van der Waals surface area contributed by atoms with E-state index in [2.05, 4.69) is 6.92 Å². The Hall–Kier alpha value is -1.35. The van der Waals surface area contributed by atoms with Gasteiger partial charge in [-0.05, 0) is 23.5 Å². The molecule has 0 fully saturated rings. The number of carbonyl (C=O) groups is 1. The van der Waals surface area contributed by atoms with E-state index in [-0.39, 0.29) is 0 Å². The third-order valence-electron chi connectivity index (χ3n) is 2.81. The molecular weight excluding hydrogens is 228 g/mol. The Kier molecular flexibility index (Phi) is 5.86. The molecule has 0 amide bonds. The maximum Gasteiger partial charge on any atom is 0.333 e. The van der Waals surface area contributed by atoms with Gasteiger partial charge in [0.05, 0.1) is 6.61 Å². The summed E-state index contributed by atoms with van der Waals surface area (Å²) < 4.78 is 5.47. The standard InChI is InChI=1S/C15H22O3/c1-4-12-7-5-6-8-13(12)9-14(15(16)17)18-10-11(2)3/h5-8,11,14H,4,9-10H2,1-3H3,(H,16,17)/t14-/m0/s1. The highest BCUT2D eigenvalue weighted by molar-refractivity contribution is 5.72. The molecule has 0 saturated carbocycles. The maximum absolute atomic E-state index is 11.2. The Morgan fingerprint density at radius 2 is 1.89 bits per heavy atom. The van der Waals surface area contributed by atoms with Gasteiger partial charge in [0, 0.05) is 6.42 Å².